The molecule has 2 aliphatic carbocycles. The molecule has 5 unspecified atom stereocenters. The molecule has 3 fully saturated rings. The summed E-state index contributed by atoms with van der Waals surface area (Å²) in [5.41, 5.74) is 0.377. The van der Waals surface area contributed by atoms with Crippen molar-refractivity contribution in [2.24, 2.45) is 17.8 Å². The van der Waals surface area contributed by atoms with Crippen LogP contribution < -0.4 is 0 Å². The van der Waals surface area contributed by atoms with Crippen LogP contribution in [0.2, 0.25) is 0 Å². The third-order valence-electron chi connectivity index (χ3n) is 4.53. The van der Waals surface area contributed by atoms with E-state index in [9.17, 15) is 14.7 Å². The fourth-order valence-electron chi connectivity index (χ4n) is 3.64. The van der Waals surface area contributed by atoms with Gasteiger partial charge in [0.1, 0.15) is 11.9 Å². The molecule has 4 nitrogen and oxygen atoms in total. The number of ether oxygens (including phenoxy) is 1. The summed E-state index contributed by atoms with van der Waals surface area (Å²) in [7, 11) is 0. The molecule has 0 radical (unpaired) electrons. The number of ketones is 1. The summed E-state index contributed by atoms with van der Waals surface area (Å²) in [5.74, 6) is -0.384. The van der Waals surface area contributed by atoms with Crippen molar-refractivity contribution in [2.45, 2.75) is 37.9 Å². The minimum absolute atomic E-state index is 0.0293. The van der Waals surface area contributed by atoms with E-state index in [1.54, 1.807) is 0 Å². The molecule has 5 atom stereocenters. The van der Waals surface area contributed by atoms with Crippen molar-refractivity contribution in [3.05, 3.63) is 12.2 Å². The number of Topliss-reactive ketones (excluding diaryl/α,β-unsaturated/α-hetero) is 1. The predicted molar refractivity (Wildman–Crippen MR) is 59.0 cm³/mol. The molecule has 92 valence electrons. The maximum atomic E-state index is 11.8. The van der Waals surface area contributed by atoms with E-state index in [0.29, 0.717) is 24.8 Å². The second kappa shape index (κ2) is 3.67. The van der Waals surface area contributed by atoms with Gasteiger partial charge in [-0.3, -0.25) is 4.79 Å². The third-order valence-corrected chi connectivity index (χ3v) is 4.53. The lowest BCUT2D eigenvalue weighted by molar-refractivity contribution is -0.142. The van der Waals surface area contributed by atoms with Crippen molar-refractivity contribution in [2.75, 3.05) is 0 Å². The summed E-state index contributed by atoms with van der Waals surface area (Å²) in [6.07, 6.45) is 1.70. The van der Waals surface area contributed by atoms with Crippen LogP contribution in [-0.4, -0.2) is 29.1 Å². The van der Waals surface area contributed by atoms with E-state index in [2.05, 4.69) is 6.58 Å². The molecule has 0 aromatic heterocycles. The topological polar surface area (TPSA) is 63.6 Å². The van der Waals surface area contributed by atoms with Gasteiger partial charge in [-0.15, -0.1) is 0 Å². The van der Waals surface area contributed by atoms with Crippen LogP contribution in [0, 0.1) is 17.8 Å². The molecule has 0 aromatic carbocycles. The van der Waals surface area contributed by atoms with Crippen molar-refractivity contribution in [3.8, 4) is 0 Å². The number of aliphatic hydroxyl groups is 1. The molecule has 0 amide bonds. The minimum atomic E-state index is -0.600. The smallest absolute Gasteiger partial charge is 0.334 e. The summed E-state index contributed by atoms with van der Waals surface area (Å²) in [5, 5.41) is 10.1. The molecule has 0 bridgehead atoms. The van der Waals surface area contributed by atoms with E-state index in [4.69, 9.17) is 4.74 Å². The summed E-state index contributed by atoms with van der Waals surface area (Å²) in [4.78, 5) is 23.3. The van der Waals surface area contributed by atoms with E-state index in [0.717, 1.165) is 6.42 Å². The van der Waals surface area contributed by atoms with E-state index in [1.165, 1.54) is 0 Å². The average Bonchev–Trinajstić information content (AvgIpc) is 2.74. The van der Waals surface area contributed by atoms with Crippen LogP contribution in [0.4, 0.5) is 0 Å². The fourth-order valence-corrected chi connectivity index (χ4v) is 3.64. The second-order valence-electron chi connectivity index (χ2n) is 5.34. The lowest BCUT2D eigenvalue weighted by atomic mass is 9.83. The Morgan fingerprint density at radius 1 is 1.24 bits per heavy atom. The zero-order valence-corrected chi connectivity index (χ0v) is 9.59. The Hall–Kier alpha value is -1.16. The standard InChI is InChI=1S/C13H16O4/c1-6-11-10(15)5-2-7-8(3-4-9(7)14)12(11)17-13(6)16/h7-8,10-12,15H,1-5H2. The Morgan fingerprint density at radius 2 is 2.00 bits per heavy atom. The van der Waals surface area contributed by atoms with E-state index in [-0.39, 0.29) is 29.6 Å². The van der Waals surface area contributed by atoms with Gasteiger partial charge in [-0.1, -0.05) is 6.58 Å². The van der Waals surface area contributed by atoms with Gasteiger partial charge in [0.2, 0.25) is 0 Å². The van der Waals surface area contributed by atoms with Crippen LogP contribution in [0.25, 0.3) is 0 Å². The highest BCUT2D eigenvalue weighted by Crippen LogP contribution is 2.47. The number of carbonyl (C=O) groups is 2. The zero-order chi connectivity index (χ0) is 12.2. The Balaban J connectivity index is 1.96. The van der Waals surface area contributed by atoms with Crippen molar-refractivity contribution >= 4 is 11.8 Å². The molecule has 0 aromatic rings. The van der Waals surface area contributed by atoms with Gasteiger partial charge in [0.25, 0.3) is 0 Å². The number of rotatable bonds is 0. The Kier molecular flexibility index (Phi) is 2.36. The molecule has 2 saturated carbocycles. The van der Waals surface area contributed by atoms with Gasteiger partial charge in [0, 0.05) is 23.8 Å². The van der Waals surface area contributed by atoms with E-state index in [1.807, 2.05) is 0 Å². The highest BCUT2D eigenvalue weighted by molar-refractivity contribution is 5.91. The van der Waals surface area contributed by atoms with Crippen molar-refractivity contribution in [1.82, 2.24) is 0 Å². The molecular weight excluding hydrogens is 220 g/mol. The summed E-state index contributed by atoms with van der Waals surface area (Å²) >= 11 is 0. The van der Waals surface area contributed by atoms with Gasteiger partial charge >= 0.3 is 5.97 Å². The first-order chi connectivity index (χ1) is 8.09. The lowest BCUT2D eigenvalue weighted by Crippen LogP contribution is -2.33. The van der Waals surface area contributed by atoms with Crippen LogP contribution in [-0.2, 0) is 14.3 Å². The van der Waals surface area contributed by atoms with E-state index < -0.39 is 12.1 Å². The van der Waals surface area contributed by atoms with Crippen LogP contribution in [0.15, 0.2) is 12.2 Å². The second-order valence-corrected chi connectivity index (χ2v) is 5.34. The van der Waals surface area contributed by atoms with Gasteiger partial charge in [-0.25, -0.2) is 4.79 Å². The Bertz CT molecular complexity index is 400. The van der Waals surface area contributed by atoms with Crippen LogP contribution >= 0.6 is 0 Å². The highest BCUT2D eigenvalue weighted by atomic mass is 16.6. The molecule has 17 heavy (non-hydrogen) atoms. The molecule has 1 saturated heterocycles. The zero-order valence-electron chi connectivity index (χ0n) is 9.59. The van der Waals surface area contributed by atoms with Gasteiger partial charge in [0.05, 0.1) is 12.0 Å². The fraction of sp³-hybridized carbons (Fsp3) is 0.692. The van der Waals surface area contributed by atoms with Crippen LogP contribution in [0.3, 0.4) is 0 Å². The number of hydrogen-bond donors (Lipinski definition) is 1. The molecule has 3 aliphatic rings. The van der Waals surface area contributed by atoms with Crippen LogP contribution in [0.5, 0.6) is 0 Å². The Morgan fingerprint density at radius 3 is 2.76 bits per heavy atom. The van der Waals surface area contributed by atoms with Gasteiger partial charge in [-0.05, 0) is 19.3 Å². The molecular formula is C13H16O4. The first kappa shape index (κ1) is 11.0. The summed E-state index contributed by atoms with van der Waals surface area (Å²) < 4.78 is 5.34. The Labute approximate surface area is 99.6 Å². The number of hydrogen-bond acceptors (Lipinski definition) is 4. The third kappa shape index (κ3) is 1.47. The monoisotopic (exact) mass is 236 g/mol. The predicted octanol–water partition coefficient (Wildman–Crippen LogP) is 0.834. The van der Waals surface area contributed by atoms with Crippen LogP contribution in [0.1, 0.15) is 25.7 Å². The SMILES string of the molecule is C=C1C(=O)OC2C3CCC(=O)C3CCC(O)C12. The lowest BCUT2D eigenvalue weighted by Gasteiger charge is -2.24. The van der Waals surface area contributed by atoms with Crippen molar-refractivity contribution in [1.29, 1.82) is 0 Å². The molecule has 0 spiro atoms. The summed E-state index contributed by atoms with van der Waals surface area (Å²) in [6, 6.07) is 0. The number of fused-ring (bicyclic) bond motifs is 3. The number of esters is 1. The van der Waals surface area contributed by atoms with Gasteiger partial charge in [0.15, 0.2) is 0 Å². The number of aliphatic hydroxyl groups excluding tert-OH is 1. The highest BCUT2D eigenvalue weighted by Gasteiger charge is 2.53. The molecule has 3 rings (SSSR count). The first-order valence-corrected chi connectivity index (χ1v) is 6.20. The normalized spacial score (nSPS) is 45.2. The van der Waals surface area contributed by atoms with Gasteiger partial charge in [-0.2, -0.15) is 0 Å². The van der Waals surface area contributed by atoms with Crippen molar-refractivity contribution in [3.63, 3.8) is 0 Å². The molecule has 4 heteroatoms. The van der Waals surface area contributed by atoms with Gasteiger partial charge < -0.3 is 9.84 Å². The molecule has 1 N–H and O–H groups in total. The first-order valence-electron chi connectivity index (χ1n) is 6.20. The van der Waals surface area contributed by atoms with Crippen molar-refractivity contribution < 1.29 is 19.4 Å². The maximum absolute atomic E-state index is 11.8. The van der Waals surface area contributed by atoms with E-state index >= 15 is 0 Å². The molecule has 1 aliphatic heterocycles. The summed E-state index contributed by atoms with van der Waals surface area (Å²) in [6.45, 7) is 3.73. The molecule has 1 heterocycles. The largest absolute Gasteiger partial charge is 0.458 e. The average molecular weight is 236 g/mol. The minimum Gasteiger partial charge on any atom is -0.458 e. The maximum Gasteiger partial charge on any atom is 0.334 e. The quantitative estimate of drug-likeness (QED) is 0.500. The number of carbonyl (C=O) groups excluding carboxylic acids is 2.